The zero-order valence-electron chi connectivity index (χ0n) is 12.3. The molecule has 0 unspecified atom stereocenters. The molecule has 0 aromatic rings. The van der Waals surface area contributed by atoms with Gasteiger partial charge in [-0.2, -0.15) is 0 Å². The van der Waals surface area contributed by atoms with E-state index in [0.29, 0.717) is 8.64 Å². The summed E-state index contributed by atoms with van der Waals surface area (Å²) in [4.78, 5) is 4.27. The van der Waals surface area contributed by atoms with Crippen molar-refractivity contribution in [1.82, 2.24) is 9.80 Å². The molecule has 0 atom stereocenters. The number of nitrogens with zero attached hydrogens (tertiary/aromatic N) is 2. The maximum atomic E-state index is 4.92. The summed E-state index contributed by atoms with van der Waals surface area (Å²) in [6.45, 7) is 4.34. The largest absolute Gasteiger partial charge is 2.00 e. The van der Waals surface area contributed by atoms with Gasteiger partial charge in [-0.15, -0.1) is 0 Å². The molecule has 0 aliphatic carbocycles. The molecule has 0 bridgehead atoms. The van der Waals surface area contributed by atoms with Gasteiger partial charge in [-0.3, -0.25) is 0 Å². The third-order valence-corrected chi connectivity index (χ3v) is 4.76. The molecule has 1 radical (unpaired) electrons. The van der Waals surface area contributed by atoms with Crippen LogP contribution in [0.1, 0.15) is 51.4 Å². The van der Waals surface area contributed by atoms with E-state index in [0.717, 1.165) is 26.2 Å². The maximum Gasteiger partial charge on any atom is 2.00 e. The topological polar surface area (TPSA) is 6.48 Å². The molecule has 7 heteroatoms. The predicted octanol–water partition coefficient (Wildman–Crippen LogP) is 3.39. The first kappa shape index (κ1) is 21.7. The molecule has 2 aliphatic heterocycles. The van der Waals surface area contributed by atoms with Crippen LogP contribution in [-0.2, 0) is 42.3 Å². The van der Waals surface area contributed by atoms with Gasteiger partial charge in [-0.25, -0.2) is 0 Å². The van der Waals surface area contributed by atoms with Gasteiger partial charge in [-0.05, 0) is 25.7 Å². The second kappa shape index (κ2) is 13.2. The van der Waals surface area contributed by atoms with E-state index < -0.39 is 0 Å². The molecule has 0 aromatic carbocycles. The van der Waals surface area contributed by atoms with Crippen molar-refractivity contribution in [3.63, 3.8) is 0 Å². The van der Waals surface area contributed by atoms with Gasteiger partial charge in [-0.1, -0.05) is 34.3 Å². The molecular formula is C14H24CuN2S4. The van der Waals surface area contributed by atoms with Crippen LogP contribution in [0.3, 0.4) is 0 Å². The van der Waals surface area contributed by atoms with Crippen molar-refractivity contribution in [2.24, 2.45) is 0 Å². The Morgan fingerprint density at radius 1 is 0.571 bits per heavy atom. The molecule has 2 nitrogen and oxygen atoms in total. The van der Waals surface area contributed by atoms with Gasteiger partial charge >= 0.3 is 17.1 Å². The smallest absolute Gasteiger partial charge is 0.411 e. The van der Waals surface area contributed by atoms with Crippen molar-refractivity contribution in [3.05, 3.63) is 0 Å². The Labute approximate surface area is 162 Å². The van der Waals surface area contributed by atoms with E-state index in [2.05, 4.69) is 9.80 Å². The predicted molar refractivity (Wildman–Crippen MR) is 100 cm³/mol. The molecule has 0 amide bonds. The molecule has 0 N–H and O–H groups in total. The summed E-state index contributed by atoms with van der Waals surface area (Å²) in [6.07, 6.45) is 10.4. The molecule has 2 aliphatic rings. The van der Waals surface area contributed by atoms with Crippen LogP contribution in [0.2, 0.25) is 0 Å². The fourth-order valence-corrected chi connectivity index (χ4v) is 3.24. The Morgan fingerprint density at radius 3 is 1.00 bits per heavy atom. The van der Waals surface area contributed by atoms with Crippen molar-refractivity contribution in [2.45, 2.75) is 51.4 Å². The van der Waals surface area contributed by atoms with Crippen molar-refractivity contribution < 1.29 is 17.1 Å². The van der Waals surface area contributed by atoms with Crippen molar-refractivity contribution in [1.29, 1.82) is 0 Å². The first-order chi connectivity index (χ1) is 9.61. The summed E-state index contributed by atoms with van der Waals surface area (Å²) in [5, 5.41) is 0. The minimum Gasteiger partial charge on any atom is -0.411 e. The van der Waals surface area contributed by atoms with Gasteiger partial charge in [0, 0.05) is 26.2 Å². The Kier molecular flexibility index (Phi) is 13.7. The molecule has 2 saturated heterocycles. The molecule has 125 valence electrons. The van der Waals surface area contributed by atoms with Crippen LogP contribution >= 0.6 is 24.4 Å². The molecule has 0 spiro atoms. The van der Waals surface area contributed by atoms with Gasteiger partial charge in [0.05, 0.1) is 0 Å². The Bertz CT molecular complexity index is 269. The van der Waals surface area contributed by atoms with Gasteiger partial charge < -0.3 is 59.5 Å². The third kappa shape index (κ3) is 10.2. The summed E-state index contributed by atoms with van der Waals surface area (Å²) in [6, 6.07) is 0. The van der Waals surface area contributed by atoms with E-state index in [9.17, 15) is 0 Å². The standard InChI is InChI=1S/2C7H13NS2.Cu/c2*9-7(10)8-5-3-1-2-4-6-8;/h2*1-6H2,(H,9,10);/q;;+2/p-2. The second-order valence-electron chi connectivity index (χ2n) is 5.33. The normalized spacial score (nSPS) is 19.2. The minimum atomic E-state index is 0. The van der Waals surface area contributed by atoms with Crippen molar-refractivity contribution in [3.8, 4) is 0 Å². The second-order valence-corrected chi connectivity index (χ2v) is 7.40. The zero-order chi connectivity index (χ0) is 14.8. The summed E-state index contributed by atoms with van der Waals surface area (Å²) in [5.41, 5.74) is 0. The fourth-order valence-electron chi connectivity index (χ4n) is 2.51. The van der Waals surface area contributed by atoms with Crippen LogP contribution in [0.5, 0.6) is 0 Å². The maximum absolute atomic E-state index is 4.92. The van der Waals surface area contributed by atoms with Gasteiger partial charge in [0.15, 0.2) is 0 Å². The number of likely N-dealkylation sites (tertiary alicyclic amines) is 2. The Hall–Kier alpha value is 0.739. The average Bonchev–Trinajstić information content (AvgIpc) is 2.84. The summed E-state index contributed by atoms with van der Waals surface area (Å²) >= 11 is 19.7. The van der Waals surface area contributed by atoms with E-state index in [-0.39, 0.29) is 17.1 Å². The molecule has 2 rings (SSSR count). The van der Waals surface area contributed by atoms with Crippen molar-refractivity contribution in [2.75, 3.05) is 26.2 Å². The molecule has 0 saturated carbocycles. The minimum absolute atomic E-state index is 0. The van der Waals surface area contributed by atoms with Gasteiger partial charge in [0.25, 0.3) is 0 Å². The van der Waals surface area contributed by atoms with E-state index in [1.807, 2.05) is 0 Å². The number of hydrogen-bond donors (Lipinski definition) is 0. The number of thiocarbonyl (C=S) groups is 2. The molecule has 0 aromatic heterocycles. The van der Waals surface area contributed by atoms with Crippen LogP contribution in [0.4, 0.5) is 0 Å². The molecular weight excluding hydrogens is 388 g/mol. The summed E-state index contributed by atoms with van der Waals surface area (Å²) < 4.78 is 1.31. The van der Waals surface area contributed by atoms with Crippen LogP contribution in [0, 0.1) is 0 Å². The van der Waals surface area contributed by atoms with Crippen LogP contribution < -0.4 is 0 Å². The average molecular weight is 412 g/mol. The zero-order valence-corrected chi connectivity index (χ0v) is 16.5. The Morgan fingerprint density at radius 2 is 0.810 bits per heavy atom. The van der Waals surface area contributed by atoms with E-state index >= 15 is 0 Å². The van der Waals surface area contributed by atoms with Gasteiger partial charge in [0.2, 0.25) is 0 Å². The third-order valence-electron chi connectivity index (χ3n) is 3.73. The summed E-state index contributed by atoms with van der Waals surface area (Å²) in [5.74, 6) is 0. The van der Waals surface area contributed by atoms with Crippen molar-refractivity contribution >= 4 is 58.3 Å². The van der Waals surface area contributed by atoms with E-state index in [4.69, 9.17) is 49.7 Å². The van der Waals surface area contributed by atoms with Crippen LogP contribution in [0.15, 0.2) is 0 Å². The number of rotatable bonds is 0. The first-order valence-electron chi connectivity index (χ1n) is 7.53. The number of hydrogen-bond acceptors (Lipinski definition) is 4. The summed E-state index contributed by atoms with van der Waals surface area (Å²) in [7, 11) is 0. The first-order valence-corrected chi connectivity index (χ1v) is 9.16. The SMILES string of the molecule is S=C([S-])N1CCCCCC1.S=C([S-])N1CCCCCC1.[Cu+2]. The van der Waals surface area contributed by atoms with Crippen LogP contribution in [-0.4, -0.2) is 44.6 Å². The quantitative estimate of drug-likeness (QED) is 0.340. The van der Waals surface area contributed by atoms with E-state index in [1.165, 1.54) is 51.4 Å². The van der Waals surface area contributed by atoms with Gasteiger partial charge in [0.1, 0.15) is 0 Å². The Balaban J connectivity index is 0.000000364. The monoisotopic (exact) mass is 411 g/mol. The fraction of sp³-hybridized carbons (Fsp3) is 0.857. The molecule has 21 heavy (non-hydrogen) atoms. The molecule has 2 heterocycles. The van der Waals surface area contributed by atoms with E-state index in [1.54, 1.807) is 0 Å². The molecule has 2 fully saturated rings. The van der Waals surface area contributed by atoms with Crippen LogP contribution in [0.25, 0.3) is 0 Å².